The molecule has 0 N–H and O–H groups in total. The Labute approximate surface area is 354 Å². The summed E-state index contributed by atoms with van der Waals surface area (Å²) in [5.41, 5.74) is 15.4. The van der Waals surface area contributed by atoms with Gasteiger partial charge < -0.3 is 0 Å². The summed E-state index contributed by atoms with van der Waals surface area (Å²) in [5, 5.41) is 2.06. The topological polar surface area (TPSA) is 71.3 Å². The third kappa shape index (κ3) is 5.13. The monoisotopic (exact) mass is 794 g/mol. The number of hydrogen-bond acceptors (Lipinski definition) is 4. The summed E-state index contributed by atoms with van der Waals surface area (Å²) in [4.78, 5) is 21.4. The minimum atomic E-state index is 0.795. The first-order chi connectivity index (χ1) is 30.8. The lowest BCUT2D eigenvalue weighted by Gasteiger charge is -2.13. The van der Waals surface area contributed by atoms with Gasteiger partial charge in [-0.2, -0.15) is 0 Å². The highest BCUT2D eigenvalue weighted by Crippen LogP contribution is 2.38. The maximum Gasteiger partial charge on any atom is 0.165 e. The number of hydrogen-bond donors (Lipinski definition) is 0. The van der Waals surface area contributed by atoms with Crippen molar-refractivity contribution in [2.24, 2.45) is 0 Å². The molecule has 0 spiro atoms. The van der Waals surface area contributed by atoms with E-state index in [9.17, 15) is 0 Å². The third-order valence-electron chi connectivity index (χ3n) is 12.0. The zero-order valence-corrected chi connectivity index (χ0v) is 33.2. The Hall–Kier alpha value is -8.62. The molecule has 0 aliphatic carbocycles. The second kappa shape index (κ2) is 13.5. The fourth-order valence-corrected chi connectivity index (χ4v) is 9.26. The van der Waals surface area contributed by atoms with Crippen molar-refractivity contribution in [3.05, 3.63) is 206 Å². The Morgan fingerprint density at radius 3 is 1.06 bits per heavy atom. The van der Waals surface area contributed by atoms with Gasteiger partial charge in [-0.3, -0.25) is 18.3 Å². The molecule has 290 valence electrons. The summed E-state index contributed by atoms with van der Waals surface area (Å²) in [6.07, 6.45) is 0. The van der Waals surface area contributed by atoms with Gasteiger partial charge in [0, 0.05) is 44.6 Å². The molecule has 13 rings (SSSR count). The Kier molecular flexibility index (Phi) is 7.43. The Bertz CT molecular complexity index is 3620. The van der Waals surface area contributed by atoms with Crippen molar-refractivity contribution < 1.29 is 0 Å². The number of aromatic nitrogens is 8. The van der Waals surface area contributed by atoms with Crippen LogP contribution in [0.15, 0.2) is 206 Å². The molecule has 8 aromatic carbocycles. The van der Waals surface area contributed by atoms with Crippen molar-refractivity contribution in [2.45, 2.75) is 0 Å². The summed E-state index contributed by atoms with van der Waals surface area (Å²) in [5.74, 6) is 1.78. The molecule has 62 heavy (non-hydrogen) atoms. The molecule has 0 saturated heterocycles. The highest BCUT2D eigenvalue weighted by Gasteiger charge is 2.23. The van der Waals surface area contributed by atoms with Gasteiger partial charge in [-0.15, -0.1) is 0 Å². The molecule has 0 radical (unpaired) electrons. The number of nitrogens with zero attached hydrogens (tertiary/aromatic N) is 8. The molecule has 5 heterocycles. The van der Waals surface area contributed by atoms with Crippen LogP contribution in [0.2, 0.25) is 0 Å². The first-order valence-electron chi connectivity index (χ1n) is 20.7. The summed E-state index contributed by atoms with van der Waals surface area (Å²) in [7, 11) is 0. The van der Waals surface area contributed by atoms with Crippen LogP contribution in [0.3, 0.4) is 0 Å². The average Bonchev–Trinajstić information content (AvgIpc) is 4.09. The van der Waals surface area contributed by atoms with E-state index < -0.39 is 0 Å². The van der Waals surface area contributed by atoms with E-state index in [0.717, 1.165) is 112 Å². The molecule has 0 saturated carbocycles. The van der Waals surface area contributed by atoms with E-state index in [1.807, 2.05) is 24.3 Å². The van der Waals surface area contributed by atoms with Crippen molar-refractivity contribution in [2.75, 3.05) is 0 Å². The maximum absolute atomic E-state index is 5.59. The predicted octanol–water partition coefficient (Wildman–Crippen LogP) is 12.7. The van der Waals surface area contributed by atoms with Gasteiger partial charge in [-0.1, -0.05) is 133 Å². The fraction of sp³-hybridized carbons (Fsp3) is 0. The minimum absolute atomic E-state index is 0.795. The smallest absolute Gasteiger partial charge is 0.165 e. The zero-order chi connectivity index (χ0) is 40.7. The molecule has 8 heteroatoms. The first-order valence-corrected chi connectivity index (χ1v) is 20.7. The Balaban J connectivity index is 1.03. The van der Waals surface area contributed by atoms with Crippen molar-refractivity contribution in [1.82, 2.24) is 38.2 Å². The lowest BCUT2D eigenvalue weighted by atomic mass is 10.2. The van der Waals surface area contributed by atoms with Crippen LogP contribution in [0, 0.1) is 0 Å². The van der Waals surface area contributed by atoms with Gasteiger partial charge in [0.15, 0.2) is 11.3 Å². The van der Waals surface area contributed by atoms with E-state index in [1.54, 1.807) is 0 Å². The SMILES string of the molecule is c1ccc(-c2nc3ccccc3n2-c2cccc(-n3c4ccccc4c4nc5c(nc43)c3ccccc3n5-c3cccc(-n4c(-c5ccccc5)nc5ccccc54)c3)c2)cc1. The zero-order valence-electron chi connectivity index (χ0n) is 33.2. The van der Waals surface area contributed by atoms with Crippen LogP contribution in [0.4, 0.5) is 0 Å². The number of fused-ring (bicyclic) bond motifs is 8. The van der Waals surface area contributed by atoms with E-state index in [0.29, 0.717) is 0 Å². The number of rotatable bonds is 6. The fourth-order valence-electron chi connectivity index (χ4n) is 9.26. The predicted molar refractivity (Wildman–Crippen MR) is 251 cm³/mol. The number of para-hydroxylation sites is 6. The highest BCUT2D eigenvalue weighted by atomic mass is 15.1. The Morgan fingerprint density at radius 2 is 0.629 bits per heavy atom. The van der Waals surface area contributed by atoms with Gasteiger partial charge in [0.05, 0.1) is 33.1 Å². The molecule has 0 aliphatic rings. The third-order valence-corrected chi connectivity index (χ3v) is 12.0. The Morgan fingerprint density at radius 1 is 0.274 bits per heavy atom. The number of benzene rings is 8. The van der Waals surface area contributed by atoms with Crippen molar-refractivity contribution in [3.63, 3.8) is 0 Å². The molecule has 0 amide bonds. The first kappa shape index (κ1) is 34.3. The largest absolute Gasteiger partial charge is 0.292 e. The van der Waals surface area contributed by atoms with Gasteiger partial charge in [-0.25, -0.2) is 19.9 Å². The van der Waals surface area contributed by atoms with E-state index in [1.165, 1.54) is 0 Å². The minimum Gasteiger partial charge on any atom is -0.292 e. The molecule has 5 aromatic heterocycles. The summed E-state index contributed by atoms with van der Waals surface area (Å²) < 4.78 is 9.01. The second-order valence-corrected chi connectivity index (χ2v) is 15.6. The van der Waals surface area contributed by atoms with Gasteiger partial charge >= 0.3 is 0 Å². The molecule has 0 bridgehead atoms. The van der Waals surface area contributed by atoms with Crippen LogP contribution in [-0.2, 0) is 0 Å². The van der Waals surface area contributed by atoms with Crippen molar-refractivity contribution in [3.8, 4) is 45.5 Å². The molecule has 0 unspecified atom stereocenters. The molecule has 8 nitrogen and oxygen atoms in total. The van der Waals surface area contributed by atoms with Crippen LogP contribution < -0.4 is 0 Å². The van der Waals surface area contributed by atoms with Crippen LogP contribution in [0.25, 0.3) is 112 Å². The van der Waals surface area contributed by atoms with Crippen LogP contribution >= 0.6 is 0 Å². The summed E-state index contributed by atoms with van der Waals surface area (Å²) in [6, 6.07) is 71.7. The molecule has 13 aromatic rings. The van der Waals surface area contributed by atoms with Crippen molar-refractivity contribution >= 4 is 66.2 Å². The normalized spacial score (nSPS) is 11.9. The van der Waals surface area contributed by atoms with Crippen LogP contribution in [0.1, 0.15) is 0 Å². The maximum atomic E-state index is 5.59. The molecular formula is C54H34N8. The van der Waals surface area contributed by atoms with Gasteiger partial charge in [0.1, 0.15) is 22.7 Å². The molecule has 0 aliphatic heterocycles. The standard InChI is InChI=1S/C54H34N8/c1-3-17-35(18-4-1)51-55-43-27-9-13-31-47(43)61(51)39-23-15-21-37(33-39)59-45-29-11-7-25-41(45)49-53(59)57-50-42-26-8-12-30-46(42)60(54(50)58-49)38-22-16-24-40(34-38)62-48-32-14-10-28-44(48)56-52(62)36-19-5-2-6-20-36/h1-34H. The van der Waals surface area contributed by atoms with Gasteiger partial charge in [-0.05, 0) is 72.8 Å². The van der Waals surface area contributed by atoms with Crippen LogP contribution in [-0.4, -0.2) is 38.2 Å². The lowest BCUT2D eigenvalue weighted by Crippen LogP contribution is -2.02. The van der Waals surface area contributed by atoms with E-state index >= 15 is 0 Å². The van der Waals surface area contributed by atoms with Crippen molar-refractivity contribution in [1.29, 1.82) is 0 Å². The summed E-state index contributed by atoms with van der Waals surface area (Å²) in [6.45, 7) is 0. The second-order valence-electron chi connectivity index (χ2n) is 15.6. The molecular weight excluding hydrogens is 761 g/mol. The summed E-state index contributed by atoms with van der Waals surface area (Å²) >= 11 is 0. The molecule has 0 fully saturated rings. The highest BCUT2D eigenvalue weighted by molar-refractivity contribution is 6.12. The van der Waals surface area contributed by atoms with Gasteiger partial charge in [0.2, 0.25) is 0 Å². The quantitative estimate of drug-likeness (QED) is 0.168. The van der Waals surface area contributed by atoms with E-state index in [4.69, 9.17) is 19.9 Å². The van der Waals surface area contributed by atoms with Crippen LogP contribution in [0.5, 0.6) is 0 Å². The molecule has 0 atom stereocenters. The average molecular weight is 795 g/mol. The lowest BCUT2D eigenvalue weighted by molar-refractivity contribution is 1.07. The van der Waals surface area contributed by atoms with E-state index in [2.05, 4.69) is 200 Å². The van der Waals surface area contributed by atoms with Gasteiger partial charge in [0.25, 0.3) is 0 Å². The number of imidazole rings is 2. The van der Waals surface area contributed by atoms with E-state index in [-0.39, 0.29) is 0 Å².